The van der Waals surface area contributed by atoms with E-state index in [1.807, 2.05) is 36.4 Å². The minimum absolute atomic E-state index is 0.376. The summed E-state index contributed by atoms with van der Waals surface area (Å²) in [5, 5.41) is 12.6. The van der Waals surface area contributed by atoms with Crippen molar-refractivity contribution in [3.05, 3.63) is 54.6 Å². The SMILES string of the molecule is C=CCSc1nnc2c(n1)O[C@@H](c1ccc(OC)c(OC)c1OC)Nc1ccccc1-2. The average molecular weight is 439 g/mol. The average Bonchev–Trinajstić information content (AvgIpc) is 2.97. The molecule has 1 atom stereocenters. The Balaban J connectivity index is 1.84. The number of hydrogen-bond donors (Lipinski definition) is 1. The van der Waals surface area contributed by atoms with Crippen LogP contribution in [0.15, 0.2) is 54.2 Å². The van der Waals surface area contributed by atoms with E-state index in [-0.39, 0.29) is 0 Å². The summed E-state index contributed by atoms with van der Waals surface area (Å²) in [7, 11) is 4.72. The van der Waals surface area contributed by atoms with Gasteiger partial charge in [0.25, 0.3) is 0 Å². The molecular weight excluding hydrogens is 416 g/mol. The molecule has 4 rings (SSSR count). The molecule has 9 heteroatoms. The number of nitrogens with one attached hydrogen (secondary N) is 1. The van der Waals surface area contributed by atoms with Crippen molar-refractivity contribution >= 4 is 17.4 Å². The number of para-hydroxylation sites is 1. The van der Waals surface area contributed by atoms with Gasteiger partial charge in [0.2, 0.25) is 23.0 Å². The Morgan fingerprint density at radius 3 is 2.61 bits per heavy atom. The van der Waals surface area contributed by atoms with Gasteiger partial charge in [-0.2, -0.15) is 4.98 Å². The van der Waals surface area contributed by atoms with Gasteiger partial charge in [0.05, 0.1) is 26.9 Å². The van der Waals surface area contributed by atoms with E-state index in [1.165, 1.54) is 11.8 Å². The molecule has 0 amide bonds. The Labute approximate surface area is 184 Å². The standard InChI is InChI=1S/C22H22N4O4S/c1-5-12-31-22-24-21-17(25-26-22)13-8-6-7-9-15(13)23-20(30-21)14-10-11-16(27-2)19(29-4)18(14)28-3/h5-11,20,23H,1,12H2,2-4H3/t20-/m0/s1. The zero-order valence-corrected chi connectivity index (χ0v) is 18.2. The second kappa shape index (κ2) is 9.13. The molecule has 1 N–H and O–H groups in total. The van der Waals surface area contributed by atoms with Crippen molar-refractivity contribution in [3.63, 3.8) is 0 Å². The Hall–Kier alpha value is -3.46. The van der Waals surface area contributed by atoms with Gasteiger partial charge in [-0.25, -0.2) is 0 Å². The summed E-state index contributed by atoms with van der Waals surface area (Å²) in [5.41, 5.74) is 2.97. The Morgan fingerprint density at radius 1 is 1.06 bits per heavy atom. The van der Waals surface area contributed by atoms with Crippen LogP contribution < -0.4 is 24.3 Å². The molecule has 0 aliphatic carbocycles. The molecular formula is C22H22N4O4S. The largest absolute Gasteiger partial charge is 0.493 e. The highest BCUT2D eigenvalue weighted by atomic mass is 32.2. The Bertz CT molecular complexity index is 1110. The molecule has 1 aliphatic rings. The fraction of sp³-hybridized carbons (Fsp3) is 0.227. The van der Waals surface area contributed by atoms with Crippen LogP contribution in [0.4, 0.5) is 5.69 Å². The van der Waals surface area contributed by atoms with Gasteiger partial charge in [0.1, 0.15) is 0 Å². The maximum absolute atomic E-state index is 6.32. The predicted molar refractivity (Wildman–Crippen MR) is 119 cm³/mol. The van der Waals surface area contributed by atoms with Crippen molar-refractivity contribution in [2.24, 2.45) is 0 Å². The third-order valence-electron chi connectivity index (χ3n) is 4.68. The number of nitrogens with zero attached hydrogens (tertiary/aromatic N) is 3. The minimum Gasteiger partial charge on any atom is -0.493 e. The van der Waals surface area contributed by atoms with Crippen LogP contribution in [0.1, 0.15) is 11.8 Å². The Morgan fingerprint density at radius 2 is 1.87 bits per heavy atom. The lowest BCUT2D eigenvalue weighted by Gasteiger charge is -2.23. The number of methoxy groups -OCH3 is 3. The van der Waals surface area contributed by atoms with E-state index in [1.54, 1.807) is 27.4 Å². The molecule has 0 saturated heterocycles. The van der Waals surface area contributed by atoms with Crippen molar-refractivity contribution < 1.29 is 18.9 Å². The van der Waals surface area contributed by atoms with E-state index in [2.05, 4.69) is 27.1 Å². The summed E-state index contributed by atoms with van der Waals surface area (Å²) in [4.78, 5) is 4.60. The molecule has 0 radical (unpaired) electrons. The van der Waals surface area contributed by atoms with Gasteiger partial charge in [-0.05, 0) is 18.2 Å². The predicted octanol–water partition coefficient (Wildman–Crippen LogP) is 4.35. The van der Waals surface area contributed by atoms with Crippen molar-refractivity contribution in [2.45, 2.75) is 11.4 Å². The number of fused-ring (bicyclic) bond motifs is 3. The third kappa shape index (κ3) is 3.96. The topological polar surface area (TPSA) is 87.6 Å². The van der Waals surface area contributed by atoms with E-state index >= 15 is 0 Å². The lowest BCUT2D eigenvalue weighted by Crippen LogP contribution is -2.18. The van der Waals surface area contributed by atoms with Crippen LogP contribution in [0.3, 0.4) is 0 Å². The molecule has 2 heterocycles. The zero-order chi connectivity index (χ0) is 21.8. The van der Waals surface area contributed by atoms with Crippen LogP contribution in [0, 0.1) is 0 Å². The number of anilines is 1. The van der Waals surface area contributed by atoms with E-state index in [9.17, 15) is 0 Å². The summed E-state index contributed by atoms with van der Waals surface area (Å²) in [5.74, 6) is 2.59. The lowest BCUT2D eigenvalue weighted by molar-refractivity contribution is 0.217. The van der Waals surface area contributed by atoms with Gasteiger partial charge in [-0.1, -0.05) is 36.0 Å². The second-order valence-electron chi connectivity index (χ2n) is 6.46. The highest BCUT2D eigenvalue weighted by molar-refractivity contribution is 7.99. The van der Waals surface area contributed by atoms with Crippen molar-refractivity contribution in [3.8, 4) is 34.4 Å². The van der Waals surface area contributed by atoms with E-state index < -0.39 is 6.23 Å². The molecule has 0 bridgehead atoms. The van der Waals surface area contributed by atoms with Gasteiger partial charge < -0.3 is 24.3 Å². The van der Waals surface area contributed by atoms with Gasteiger partial charge in [0.15, 0.2) is 17.2 Å². The van der Waals surface area contributed by atoms with Gasteiger partial charge in [-0.15, -0.1) is 16.8 Å². The molecule has 31 heavy (non-hydrogen) atoms. The third-order valence-corrected chi connectivity index (χ3v) is 5.51. The first-order valence-electron chi connectivity index (χ1n) is 9.50. The van der Waals surface area contributed by atoms with E-state index in [4.69, 9.17) is 18.9 Å². The quantitative estimate of drug-likeness (QED) is 0.427. The molecule has 0 unspecified atom stereocenters. The summed E-state index contributed by atoms with van der Waals surface area (Å²) in [6.45, 7) is 3.74. The summed E-state index contributed by atoms with van der Waals surface area (Å²) in [6.07, 6.45) is 1.17. The fourth-order valence-corrected chi connectivity index (χ4v) is 3.83. The second-order valence-corrected chi connectivity index (χ2v) is 7.45. The molecule has 2 aromatic carbocycles. The molecule has 0 fully saturated rings. The highest BCUT2D eigenvalue weighted by Crippen LogP contribution is 2.46. The summed E-state index contributed by atoms with van der Waals surface area (Å²) < 4.78 is 22.9. The van der Waals surface area contributed by atoms with Crippen LogP contribution in [-0.2, 0) is 0 Å². The molecule has 1 aliphatic heterocycles. The lowest BCUT2D eigenvalue weighted by atomic mass is 10.1. The molecule has 160 valence electrons. The Kier molecular flexibility index (Phi) is 6.13. The number of rotatable bonds is 7. The van der Waals surface area contributed by atoms with Crippen LogP contribution in [0.2, 0.25) is 0 Å². The summed E-state index contributed by atoms with van der Waals surface area (Å²) in [6, 6.07) is 11.5. The van der Waals surface area contributed by atoms with Crippen molar-refractivity contribution in [1.82, 2.24) is 15.2 Å². The maximum Gasteiger partial charge on any atom is 0.247 e. The number of benzene rings is 2. The number of hydrogen-bond acceptors (Lipinski definition) is 9. The first-order chi connectivity index (χ1) is 15.2. The van der Waals surface area contributed by atoms with Crippen LogP contribution in [0.25, 0.3) is 11.3 Å². The maximum atomic E-state index is 6.32. The molecule has 0 spiro atoms. The van der Waals surface area contributed by atoms with Crippen LogP contribution in [-0.4, -0.2) is 42.3 Å². The molecule has 3 aromatic rings. The van der Waals surface area contributed by atoms with Gasteiger partial charge in [-0.3, -0.25) is 0 Å². The number of ether oxygens (including phenoxy) is 4. The smallest absolute Gasteiger partial charge is 0.247 e. The number of aromatic nitrogens is 3. The minimum atomic E-state index is -0.619. The van der Waals surface area contributed by atoms with Crippen molar-refractivity contribution in [1.29, 1.82) is 0 Å². The van der Waals surface area contributed by atoms with E-state index in [0.717, 1.165) is 16.8 Å². The van der Waals surface area contributed by atoms with Gasteiger partial charge in [0, 0.05) is 17.0 Å². The highest BCUT2D eigenvalue weighted by Gasteiger charge is 2.30. The monoisotopic (exact) mass is 438 g/mol. The van der Waals surface area contributed by atoms with E-state index in [0.29, 0.717) is 39.7 Å². The van der Waals surface area contributed by atoms with Crippen LogP contribution >= 0.6 is 11.8 Å². The first kappa shape index (κ1) is 20.8. The normalized spacial score (nSPS) is 14.2. The molecule has 1 aromatic heterocycles. The van der Waals surface area contributed by atoms with Crippen molar-refractivity contribution in [2.75, 3.05) is 32.4 Å². The first-order valence-corrected chi connectivity index (χ1v) is 10.5. The number of thioether (sulfide) groups is 1. The summed E-state index contributed by atoms with van der Waals surface area (Å²) >= 11 is 1.43. The fourth-order valence-electron chi connectivity index (χ4n) is 3.31. The molecule has 0 saturated carbocycles. The zero-order valence-electron chi connectivity index (χ0n) is 17.4. The molecule has 8 nitrogen and oxygen atoms in total. The van der Waals surface area contributed by atoms with Crippen LogP contribution in [0.5, 0.6) is 23.1 Å². The van der Waals surface area contributed by atoms with Gasteiger partial charge >= 0.3 is 0 Å².